The molecule has 0 bridgehead atoms. The van der Waals surface area contributed by atoms with Crippen LogP contribution in [0.5, 0.6) is 5.75 Å². The quantitative estimate of drug-likeness (QED) is 0.734. The van der Waals surface area contributed by atoms with Gasteiger partial charge in [0.25, 0.3) is 0 Å². The monoisotopic (exact) mass is 244 g/mol. The third-order valence-electron chi connectivity index (χ3n) is 2.10. The van der Waals surface area contributed by atoms with Crippen molar-refractivity contribution in [3.63, 3.8) is 0 Å². The SMILES string of the molecule is CC(N)C(=O)NCCc1ccccc1O.Cl. The van der Waals surface area contributed by atoms with Crippen molar-refractivity contribution in [2.24, 2.45) is 5.73 Å². The molecule has 1 atom stereocenters. The molecule has 0 saturated carbocycles. The first kappa shape index (κ1) is 14.7. The Kier molecular flexibility index (Phi) is 6.53. The third kappa shape index (κ3) is 4.51. The van der Waals surface area contributed by atoms with Crippen LogP contribution in [0.3, 0.4) is 0 Å². The van der Waals surface area contributed by atoms with E-state index in [0.29, 0.717) is 13.0 Å². The van der Waals surface area contributed by atoms with Crippen LogP contribution in [-0.4, -0.2) is 23.6 Å². The molecule has 90 valence electrons. The molecule has 0 fully saturated rings. The van der Waals surface area contributed by atoms with E-state index in [1.54, 1.807) is 19.1 Å². The summed E-state index contributed by atoms with van der Waals surface area (Å²) in [6, 6.07) is 6.58. The molecule has 0 aliphatic rings. The number of carbonyl (C=O) groups excluding carboxylic acids is 1. The summed E-state index contributed by atoms with van der Waals surface area (Å²) in [5.41, 5.74) is 6.21. The van der Waals surface area contributed by atoms with Gasteiger partial charge in [-0.1, -0.05) is 18.2 Å². The molecule has 4 nitrogen and oxygen atoms in total. The lowest BCUT2D eigenvalue weighted by atomic mass is 10.1. The average Bonchev–Trinajstić information content (AvgIpc) is 2.20. The zero-order valence-corrected chi connectivity index (χ0v) is 9.96. The van der Waals surface area contributed by atoms with E-state index >= 15 is 0 Å². The van der Waals surface area contributed by atoms with Crippen molar-refractivity contribution in [2.75, 3.05) is 6.54 Å². The van der Waals surface area contributed by atoms with Crippen LogP contribution >= 0.6 is 12.4 Å². The van der Waals surface area contributed by atoms with E-state index in [-0.39, 0.29) is 24.1 Å². The molecule has 1 rings (SSSR count). The molecule has 1 aromatic rings. The minimum atomic E-state index is -0.491. The molecule has 0 heterocycles. The highest BCUT2D eigenvalue weighted by Gasteiger charge is 2.06. The molecule has 0 radical (unpaired) electrons. The van der Waals surface area contributed by atoms with E-state index in [2.05, 4.69) is 5.32 Å². The number of hydrogen-bond donors (Lipinski definition) is 3. The molecule has 0 spiro atoms. The number of phenolic OH excluding ortho intramolecular Hbond substituents is 1. The minimum Gasteiger partial charge on any atom is -0.508 e. The average molecular weight is 245 g/mol. The van der Waals surface area contributed by atoms with Crippen molar-refractivity contribution >= 4 is 18.3 Å². The van der Waals surface area contributed by atoms with Crippen LogP contribution in [0.15, 0.2) is 24.3 Å². The van der Waals surface area contributed by atoms with E-state index in [0.717, 1.165) is 5.56 Å². The van der Waals surface area contributed by atoms with Gasteiger partial charge < -0.3 is 16.2 Å². The molecule has 0 saturated heterocycles. The molecule has 1 aromatic carbocycles. The van der Waals surface area contributed by atoms with Gasteiger partial charge in [-0.15, -0.1) is 12.4 Å². The van der Waals surface area contributed by atoms with Crippen LogP contribution in [-0.2, 0) is 11.2 Å². The molecule has 5 heteroatoms. The predicted molar refractivity (Wildman–Crippen MR) is 65.7 cm³/mol. The summed E-state index contributed by atoms with van der Waals surface area (Å²) in [4.78, 5) is 11.1. The normalized spacial score (nSPS) is 11.4. The summed E-state index contributed by atoms with van der Waals surface area (Å²) in [7, 11) is 0. The Morgan fingerprint density at radius 1 is 1.50 bits per heavy atom. The fourth-order valence-corrected chi connectivity index (χ4v) is 1.20. The summed E-state index contributed by atoms with van der Waals surface area (Å²) in [6.45, 7) is 2.12. The Morgan fingerprint density at radius 3 is 2.69 bits per heavy atom. The first-order valence-electron chi connectivity index (χ1n) is 4.91. The van der Waals surface area contributed by atoms with E-state index in [9.17, 15) is 9.90 Å². The van der Waals surface area contributed by atoms with Crippen molar-refractivity contribution in [1.29, 1.82) is 0 Å². The number of rotatable bonds is 4. The van der Waals surface area contributed by atoms with Crippen LogP contribution < -0.4 is 11.1 Å². The van der Waals surface area contributed by atoms with Crippen molar-refractivity contribution in [3.05, 3.63) is 29.8 Å². The lowest BCUT2D eigenvalue weighted by Gasteiger charge is -2.08. The lowest BCUT2D eigenvalue weighted by molar-refractivity contribution is -0.121. The highest BCUT2D eigenvalue weighted by Crippen LogP contribution is 2.15. The number of halogens is 1. The summed E-state index contributed by atoms with van der Waals surface area (Å²) < 4.78 is 0. The van der Waals surface area contributed by atoms with Crippen LogP contribution in [0.1, 0.15) is 12.5 Å². The molecule has 0 aromatic heterocycles. The van der Waals surface area contributed by atoms with Crippen molar-refractivity contribution in [2.45, 2.75) is 19.4 Å². The molecule has 0 aliphatic carbocycles. The minimum absolute atomic E-state index is 0. The topological polar surface area (TPSA) is 75.4 Å². The maximum absolute atomic E-state index is 11.1. The van der Waals surface area contributed by atoms with Crippen LogP contribution in [0, 0.1) is 0 Å². The number of para-hydroxylation sites is 1. The van der Waals surface area contributed by atoms with E-state index in [4.69, 9.17) is 5.73 Å². The van der Waals surface area contributed by atoms with Gasteiger partial charge in [-0.3, -0.25) is 4.79 Å². The van der Waals surface area contributed by atoms with Gasteiger partial charge in [0.2, 0.25) is 5.91 Å². The fraction of sp³-hybridized carbons (Fsp3) is 0.364. The highest BCUT2D eigenvalue weighted by atomic mass is 35.5. The fourth-order valence-electron chi connectivity index (χ4n) is 1.20. The summed E-state index contributed by atoms with van der Waals surface area (Å²) in [5, 5.41) is 12.1. The van der Waals surface area contributed by atoms with Crippen molar-refractivity contribution in [3.8, 4) is 5.75 Å². The van der Waals surface area contributed by atoms with Gasteiger partial charge in [0.15, 0.2) is 0 Å². The lowest BCUT2D eigenvalue weighted by Crippen LogP contribution is -2.39. The zero-order chi connectivity index (χ0) is 11.3. The predicted octanol–water partition coefficient (Wildman–Crippen LogP) is 0.820. The molecule has 1 unspecified atom stereocenters. The first-order chi connectivity index (χ1) is 7.11. The smallest absolute Gasteiger partial charge is 0.236 e. The Labute approximate surface area is 101 Å². The number of hydrogen-bond acceptors (Lipinski definition) is 3. The second kappa shape index (κ2) is 7.09. The van der Waals surface area contributed by atoms with Crippen molar-refractivity contribution < 1.29 is 9.90 Å². The van der Waals surface area contributed by atoms with Gasteiger partial charge >= 0.3 is 0 Å². The maximum Gasteiger partial charge on any atom is 0.236 e. The number of nitrogens with two attached hydrogens (primary N) is 1. The number of nitrogens with one attached hydrogen (secondary N) is 1. The van der Waals surface area contributed by atoms with Crippen LogP contribution in [0.25, 0.3) is 0 Å². The Morgan fingerprint density at radius 2 is 2.12 bits per heavy atom. The number of amides is 1. The maximum atomic E-state index is 11.1. The molecule has 0 aliphatic heterocycles. The van der Waals surface area contributed by atoms with Gasteiger partial charge in [0.05, 0.1) is 6.04 Å². The largest absolute Gasteiger partial charge is 0.508 e. The van der Waals surface area contributed by atoms with Gasteiger partial charge in [-0.05, 0) is 25.0 Å². The second-order valence-corrected chi connectivity index (χ2v) is 3.46. The summed E-state index contributed by atoms with van der Waals surface area (Å²) in [6.07, 6.45) is 0.602. The molecular weight excluding hydrogens is 228 g/mol. The third-order valence-corrected chi connectivity index (χ3v) is 2.10. The Balaban J connectivity index is 0.00000225. The van der Waals surface area contributed by atoms with Gasteiger partial charge in [0.1, 0.15) is 5.75 Å². The van der Waals surface area contributed by atoms with E-state index in [1.807, 2.05) is 12.1 Å². The van der Waals surface area contributed by atoms with Gasteiger partial charge in [-0.2, -0.15) is 0 Å². The van der Waals surface area contributed by atoms with E-state index < -0.39 is 6.04 Å². The Bertz CT molecular complexity index is 343. The molecular formula is C11H17ClN2O2. The molecule has 16 heavy (non-hydrogen) atoms. The number of benzene rings is 1. The second-order valence-electron chi connectivity index (χ2n) is 3.46. The summed E-state index contributed by atoms with van der Waals surface area (Å²) >= 11 is 0. The summed E-state index contributed by atoms with van der Waals surface area (Å²) in [5.74, 6) is 0.0815. The number of phenols is 1. The van der Waals surface area contributed by atoms with Gasteiger partial charge in [-0.25, -0.2) is 0 Å². The number of carbonyl (C=O) groups is 1. The standard InChI is InChI=1S/C11H16N2O2.ClH/c1-8(12)11(15)13-7-6-9-4-2-3-5-10(9)14;/h2-5,8,14H,6-7,12H2,1H3,(H,13,15);1H. The molecule has 4 N–H and O–H groups in total. The zero-order valence-electron chi connectivity index (χ0n) is 9.14. The van der Waals surface area contributed by atoms with Crippen LogP contribution in [0.4, 0.5) is 0 Å². The Hall–Kier alpha value is -1.26. The molecule has 1 amide bonds. The number of aromatic hydroxyl groups is 1. The first-order valence-corrected chi connectivity index (χ1v) is 4.91. The van der Waals surface area contributed by atoms with Gasteiger partial charge in [0, 0.05) is 6.54 Å². The van der Waals surface area contributed by atoms with Crippen LogP contribution in [0.2, 0.25) is 0 Å². The highest BCUT2D eigenvalue weighted by molar-refractivity contribution is 5.85. The van der Waals surface area contributed by atoms with E-state index in [1.165, 1.54) is 0 Å². The van der Waals surface area contributed by atoms with Crippen molar-refractivity contribution in [1.82, 2.24) is 5.32 Å².